The van der Waals surface area contributed by atoms with E-state index in [-0.39, 0.29) is 12.4 Å². The van der Waals surface area contributed by atoms with E-state index in [1.165, 1.54) is 23.5 Å². The zero-order valence-electron chi connectivity index (χ0n) is 15.7. The predicted molar refractivity (Wildman–Crippen MR) is 110 cm³/mol. The molecule has 1 amide bonds. The molecule has 0 bridgehead atoms. The number of terminal acetylenes is 1. The second-order valence-corrected chi connectivity index (χ2v) is 7.30. The molecule has 0 saturated heterocycles. The highest BCUT2D eigenvalue weighted by molar-refractivity contribution is 7.16. The lowest BCUT2D eigenvalue weighted by Crippen LogP contribution is -2.16. The van der Waals surface area contributed by atoms with E-state index in [1.54, 1.807) is 28.8 Å². The van der Waals surface area contributed by atoms with Crippen molar-refractivity contribution in [2.45, 2.75) is 32.7 Å². The molecule has 3 aromatic rings. The van der Waals surface area contributed by atoms with Crippen molar-refractivity contribution in [3.63, 3.8) is 0 Å². The minimum Gasteiger partial charge on any atom is -0.494 e. The maximum absolute atomic E-state index is 13.5. The number of hydrogen-bond acceptors (Lipinski definition) is 3. The summed E-state index contributed by atoms with van der Waals surface area (Å²) in [6, 6.07) is 11.4. The van der Waals surface area contributed by atoms with Crippen LogP contribution in [0, 0.1) is 18.2 Å². The van der Waals surface area contributed by atoms with Crippen LogP contribution in [-0.2, 0) is 6.54 Å². The van der Waals surface area contributed by atoms with Gasteiger partial charge in [-0.05, 0) is 42.8 Å². The quantitative estimate of drug-likeness (QED) is 0.426. The second kappa shape index (κ2) is 9.34. The number of halogens is 1. The summed E-state index contributed by atoms with van der Waals surface area (Å²) in [5, 5.41) is 0. The van der Waals surface area contributed by atoms with Crippen LogP contribution in [0.15, 0.2) is 47.5 Å². The molecule has 0 N–H and O–H groups in total. The number of benzene rings is 2. The molecule has 0 saturated carbocycles. The summed E-state index contributed by atoms with van der Waals surface area (Å²) in [7, 11) is 0. The van der Waals surface area contributed by atoms with Gasteiger partial charge in [-0.2, -0.15) is 4.99 Å². The Morgan fingerprint density at radius 2 is 2.14 bits per heavy atom. The normalized spacial score (nSPS) is 11.5. The van der Waals surface area contributed by atoms with Gasteiger partial charge in [-0.1, -0.05) is 43.1 Å². The molecule has 4 nitrogen and oxygen atoms in total. The lowest BCUT2D eigenvalue weighted by atomic mass is 10.2. The van der Waals surface area contributed by atoms with Gasteiger partial charge in [0.1, 0.15) is 11.6 Å². The summed E-state index contributed by atoms with van der Waals surface area (Å²) < 4.78 is 21.7. The Morgan fingerprint density at radius 1 is 1.29 bits per heavy atom. The highest BCUT2D eigenvalue weighted by Gasteiger charge is 2.10. The fourth-order valence-electron chi connectivity index (χ4n) is 2.79. The zero-order valence-corrected chi connectivity index (χ0v) is 16.5. The molecule has 0 spiro atoms. The number of unbranched alkanes of at least 4 members (excludes halogenated alkanes) is 2. The van der Waals surface area contributed by atoms with Gasteiger partial charge >= 0.3 is 0 Å². The second-order valence-electron chi connectivity index (χ2n) is 6.29. The average molecular weight is 396 g/mol. The van der Waals surface area contributed by atoms with Gasteiger partial charge < -0.3 is 9.30 Å². The topological polar surface area (TPSA) is 43.6 Å². The number of fused-ring (bicyclic) bond motifs is 1. The number of rotatable bonds is 7. The molecule has 0 aliphatic rings. The largest absolute Gasteiger partial charge is 0.494 e. The molecule has 0 atom stereocenters. The molecule has 1 heterocycles. The molecule has 0 aliphatic heterocycles. The van der Waals surface area contributed by atoms with Gasteiger partial charge in [-0.25, -0.2) is 4.39 Å². The number of ether oxygens (including phenoxy) is 1. The van der Waals surface area contributed by atoms with Crippen molar-refractivity contribution in [1.29, 1.82) is 0 Å². The lowest BCUT2D eigenvalue weighted by molar-refractivity contribution is 0.0997. The van der Waals surface area contributed by atoms with Crippen molar-refractivity contribution < 1.29 is 13.9 Å². The summed E-state index contributed by atoms with van der Waals surface area (Å²) in [5.74, 6) is 2.47. The molecule has 3 rings (SSSR count). The summed E-state index contributed by atoms with van der Waals surface area (Å²) in [5.41, 5.74) is 1.19. The van der Waals surface area contributed by atoms with Crippen molar-refractivity contribution in [3.05, 3.63) is 58.6 Å². The van der Waals surface area contributed by atoms with Gasteiger partial charge in [0.05, 0.1) is 23.4 Å². The van der Waals surface area contributed by atoms with Crippen molar-refractivity contribution in [1.82, 2.24) is 4.57 Å². The van der Waals surface area contributed by atoms with Gasteiger partial charge in [0.2, 0.25) is 0 Å². The lowest BCUT2D eigenvalue weighted by Gasteiger charge is -2.06. The summed E-state index contributed by atoms with van der Waals surface area (Å²) >= 11 is 1.23. The molecule has 2 aromatic carbocycles. The van der Waals surface area contributed by atoms with Crippen LogP contribution < -0.4 is 9.54 Å². The fraction of sp³-hybridized carbons (Fsp3) is 0.273. The Kier molecular flexibility index (Phi) is 6.62. The van der Waals surface area contributed by atoms with Crippen molar-refractivity contribution >= 4 is 27.5 Å². The summed E-state index contributed by atoms with van der Waals surface area (Å²) in [6.45, 7) is 3.00. The SMILES string of the molecule is C#CCn1c(=NC(=O)c2cccc(OCCCCC)c2)sc2cc(F)ccc21. The van der Waals surface area contributed by atoms with E-state index < -0.39 is 5.91 Å². The standard InChI is InChI=1S/C22H21FN2O2S/c1-3-5-6-13-27-18-9-7-8-16(14-18)21(26)24-22-25(12-4-2)19-11-10-17(23)15-20(19)28-22/h2,7-11,14-15H,3,5-6,12-13H2,1H3. The monoisotopic (exact) mass is 396 g/mol. The first-order valence-electron chi connectivity index (χ1n) is 9.16. The van der Waals surface area contributed by atoms with Crippen LogP contribution in [-0.4, -0.2) is 17.1 Å². The zero-order chi connectivity index (χ0) is 19.9. The molecule has 6 heteroatoms. The smallest absolute Gasteiger partial charge is 0.279 e. The van der Waals surface area contributed by atoms with Gasteiger partial charge in [0.15, 0.2) is 4.80 Å². The Balaban J connectivity index is 1.90. The number of carbonyl (C=O) groups excluding carboxylic acids is 1. The maximum atomic E-state index is 13.5. The van der Waals surface area contributed by atoms with Crippen LogP contribution in [0.4, 0.5) is 4.39 Å². The van der Waals surface area contributed by atoms with Crippen LogP contribution in [0.25, 0.3) is 10.2 Å². The van der Waals surface area contributed by atoms with E-state index in [1.807, 2.05) is 6.07 Å². The molecule has 0 unspecified atom stereocenters. The van der Waals surface area contributed by atoms with Crippen molar-refractivity contribution in [2.75, 3.05) is 6.61 Å². The van der Waals surface area contributed by atoms with Crippen LogP contribution in [0.2, 0.25) is 0 Å². The minimum atomic E-state index is -0.392. The third kappa shape index (κ3) is 4.68. The Hall–Kier alpha value is -2.91. The number of nitrogens with zero attached hydrogens (tertiary/aromatic N) is 2. The maximum Gasteiger partial charge on any atom is 0.279 e. The third-order valence-electron chi connectivity index (χ3n) is 4.19. The Morgan fingerprint density at radius 3 is 2.93 bits per heavy atom. The van der Waals surface area contributed by atoms with Crippen LogP contribution in [0.1, 0.15) is 36.5 Å². The van der Waals surface area contributed by atoms with Crippen molar-refractivity contribution in [3.8, 4) is 18.1 Å². The summed E-state index contributed by atoms with van der Waals surface area (Å²) in [6.07, 6.45) is 8.66. The Bertz CT molecular complexity index is 1090. The van der Waals surface area contributed by atoms with Gasteiger partial charge in [0.25, 0.3) is 5.91 Å². The predicted octanol–water partition coefficient (Wildman–Crippen LogP) is 4.79. The molecule has 1 aromatic heterocycles. The number of aromatic nitrogens is 1. The number of thiazole rings is 1. The van der Waals surface area contributed by atoms with Crippen molar-refractivity contribution in [2.24, 2.45) is 4.99 Å². The Labute approximate surface area is 167 Å². The number of carbonyl (C=O) groups is 1. The van der Waals surface area contributed by atoms with E-state index >= 15 is 0 Å². The van der Waals surface area contributed by atoms with Crippen LogP contribution in [0.3, 0.4) is 0 Å². The average Bonchev–Trinajstić information content (AvgIpc) is 3.02. The van der Waals surface area contributed by atoms with Crippen LogP contribution >= 0.6 is 11.3 Å². The van der Waals surface area contributed by atoms with Gasteiger partial charge in [0, 0.05) is 5.56 Å². The molecular weight excluding hydrogens is 375 g/mol. The van der Waals surface area contributed by atoms with E-state index in [4.69, 9.17) is 11.2 Å². The third-order valence-corrected chi connectivity index (χ3v) is 5.23. The highest BCUT2D eigenvalue weighted by atomic mass is 32.1. The van der Waals surface area contributed by atoms with E-state index in [9.17, 15) is 9.18 Å². The first-order valence-corrected chi connectivity index (χ1v) is 9.98. The molecular formula is C22H21FN2O2S. The van der Waals surface area contributed by atoms with E-state index in [2.05, 4.69) is 17.8 Å². The number of amides is 1. The minimum absolute atomic E-state index is 0.248. The molecule has 0 fully saturated rings. The first kappa shape index (κ1) is 19.8. The van der Waals surface area contributed by atoms with Gasteiger partial charge in [-0.15, -0.1) is 6.42 Å². The number of hydrogen-bond donors (Lipinski definition) is 0. The molecule has 0 radical (unpaired) electrons. The summed E-state index contributed by atoms with van der Waals surface area (Å²) in [4.78, 5) is 17.4. The molecule has 0 aliphatic carbocycles. The van der Waals surface area contributed by atoms with E-state index in [0.717, 1.165) is 24.8 Å². The highest BCUT2D eigenvalue weighted by Crippen LogP contribution is 2.19. The van der Waals surface area contributed by atoms with Crippen LogP contribution in [0.5, 0.6) is 5.75 Å². The molecule has 28 heavy (non-hydrogen) atoms. The molecule has 144 valence electrons. The fourth-order valence-corrected chi connectivity index (χ4v) is 3.84. The van der Waals surface area contributed by atoms with Gasteiger partial charge in [-0.3, -0.25) is 4.79 Å². The van der Waals surface area contributed by atoms with E-state index in [0.29, 0.717) is 27.4 Å². The first-order chi connectivity index (χ1) is 13.6.